The number of ether oxygens (including phenoxy) is 3. The lowest BCUT2D eigenvalue weighted by atomic mass is 9.77. The molecule has 2 aliphatic rings. The summed E-state index contributed by atoms with van der Waals surface area (Å²) in [7, 11) is 6.33. The van der Waals surface area contributed by atoms with Crippen LogP contribution in [0.15, 0.2) is 12.1 Å². The molecule has 0 N–H and O–H groups in total. The highest BCUT2D eigenvalue weighted by atomic mass is 35.5. The molecule has 3 rings (SSSR count). The summed E-state index contributed by atoms with van der Waals surface area (Å²) in [4.78, 5) is 28.6. The van der Waals surface area contributed by atoms with Gasteiger partial charge in [0.2, 0.25) is 5.91 Å². The van der Waals surface area contributed by atoms with E-state index in [9.17, 15) is 9.59 Å². The van der Waals surface area contributed by atoms with Crippen molar-refractivity contribution in [3.05, 3.63) is 22.7 Å². The summed E-state index contributed by atoms with van der Waals surface area (Å²) in [5.41, 5.74) is 0.498. The molecule has 1 unspecified atom stereocenters. The van der Waals surface area contributed by atoms with Crippen LogP contribution in [-0.2, 0) is 20.9 Å². The Morgan fingerprint density at radius 3 is 2.46 bits per heavy atom. The minimum atomic E-state index is -0.456. The van der Waals surface area contributed by atoms with Crippen LogP contribution in [0, 0.1) is 5.92 Å². The Morgan fingerprint density at radius 2 is 1.89 bits per heavy atom. The van der Waals surface area contributed by atoms with E-state index >= 15 is 0 Å². The predicted molar refractivity (Wildman–Crippen MR) is 105 cm³/mol. The van der Waals surface area contributed by atoms with E-state index < -0.39 is 11.5 Å². The van der Waals surface area contributed by atoms with Gasteiger partial charge in [0.15, 0.2) is 11.5 Å². The Morgan fingerprint density at radius 1 is 1.21 bits per heavy atom. The number of piperidine rings is 1. The number of esters is 1. The minimum Gasteiger partial charge on any atom is -0.493 e. The van der Waals surface area contributed by atoms with Crippen LogP contribution >= 0.6 is 11.6 Å². The molecule has 28 heavy (non-hydrogen) atoms. The van der Waals surface area contributed by atoms with Crippen molar-refractivity contribution in [1.29, 1.82) is 0 Å². The van der Waals surface area contributed by atoms with Crippen molar-refractivity contribution in [1.82, 2.24) is 9.80 Å². The third-order valence-corrected chi connectivity index (χ3v) is 6.65. The van der Waals surface area contributed by atoms with Gasteiger partial charge in [-0.25, -0.2) is 0 Å². The largest absolute Gasteiger partial charge is 0.493 e. The standard InChI is InChI=1S/C20H27ClN2O5/c1-22-16(24)11-14(19(25)28-4)20(22)7-9-23(10-8-20)12-13-5-6-15(26-2)18(27-3)17(13)21/h5-6,14H,7-12H2,1-4H3. The van der Waals surface area contributed by atoms with Crippen LogP contribution in [0.1, 0.15) is 24.8 Å². The molecule has 0 aliphatic carbocycles. The average Bonchev–Trinajstić information content (AvgIpc) is 2.95. The summed E-state index contributed by atoms with van der Waals surface area (Å²) in [6.45, 7) is 2.18. The van der Waals surface area contributed by atoms with Gasteiger partial charge in [-0.1, -0.05) is 17.7 Å². The molecule has 0 bridgehead atoms. The molecule has 7 nitrogen and oxygen atoms in total. The van der Waals surface area contributed by atoms with Crippen LogP contribution in [0.25, 0.3) is 0 Å². The SMILES string of the molecule is COC(=O)C1CC(=O)N(C)C12CCN(Cc1ccc(OC)c(OC)c1Cl)CC2. The monoisotopic (exact) mass is 410 g/mol. The number of amides is 1. The summed E-state index contributed by atoms with van der Waals surface area (Å²) in [5.74, 6) is 0.436. The number of carbonyl (C=O) groups excluding carboxylic acids is 2. The third kappa shape index (κ3) is 3.42. The second kappa shape index (κ2) is 8.17. The summed E-state index contributed by atoms with van der Waals surface area (Å²) >= 11 is 6.51. The highest BCUT2D eigenvalue weighted by molar-refractivity contribution is 6.33. The lowest BCUT2D eigenvalue weighted by Gasteiger charge is -2.45. The number of hydrogen-bond acceptors (Lipinski definition) is 6. The van der Waals surface area contributed by atoms with Gasteiger partial charge in [0.25, 0.3) is 0 Å². The number of methoxy groups -OCH3 is 3. The van der Waals surface area contributed by atoms with E-state index in [2.05, 4.69) is 4.90 Å². The molecule has 2 heterocycles. The molecule has 2 fully saturated rings. The maximum absolute atomic E-state index is 12.3. The minimum absolute atomic E-state index is 0.00628. The van der Waals surface area contributed by atoms with E-state index in [1.807, 2.05) is 12.1 Å². The van der Waals surface area contributed by atoms with E-state index in [0.717, 1.165) is 31.5 Å². The van der Waals surface area contributed by atoms with E-state index in [0.29, 0.717) is 23.1 Å². The van der Waals surface area contributed by atoms with Crippen LogP contribution in [0.3, 0.4) is 0 Å². The van der Waals surface area contributed by atoms with Gasteiger partial charge < -0.3 is 19.1 Å². The summed E-state index contributed by atoms with van der Waals surface area (Å²) in [6, 6.07) is 3.79. The van der Waals surface area contributed by atoms with Crippen LogP contribution in [0.5, 0.6) is 11.5 Å². The first-order valence-electron chi connectivity index (χ1n) is 9.34. The Balaban J connectivity index is 1.74. The van der Waals surface area contributed by atoms with Crippen molar-refractivity contribution in [2.45, 2.75) is 31.3 Å². The second-order valence-corrected chi connectivity index (χ2v) is 7.76. The van der Waals surface area contributed by atoms with Crippen molar-refractivity contribution in [2.75, 3.05) is 41.5 Å². The Kier molecular flexibility index (Phi) is 6.05. The molecular formula is C20H27ClN2O5. The predicted octanol–water partition coefficient (Wildman–Crippen LogP) is 2.34. The zero-order valence-corrected chi connectivity index (χ0v) is 17.5. The number of nitrogens with zero attached hydrogens (tertiary/aromatic N) is 2. The number of likely N-dealkylation sites (tertiary alicyclic amines) is 2. The van der Waals surface area contributed by atoms with Crippen molar-refractivity contribution in [2.24, 2.45) is 5.92 Å². The molecule has 1 atom stereocenters. The number of halogens is 1. The molecule has 1 aromatic carbocycles. The quantitative estimate of drug-likeness (QED) is 0.694. The van der Waals surface area contributed by atoms with Gasteiger partial charge in [-0.3, -0.25) is 14.5 Å². The highest BCUT2D eigenvalue weighted by Gasteiger charge is 2.55. The van der Waals surface area contributed by atoms with E-state index in [1.165, 1.54) is 7.11 Å². The van der Waals surface area contributed by atoms with Gasteiger partial charge in [0.1, 0.15) is 0 Å². The van der Waals surface area contributed by atoms with Gasteiger partial charge in [-0.15, -0.1) is 0 Å². The van der Waals surface area contributed by atoms with Crippen molar-refractivity contribution in [3.8, 4) is 11.5 Å². The first kappa shape index (κ1) is 20.7. The number of benzene rings is 1. The van der Waals surface area contributed by atoms with Gasteiger partial charge in [-0.2, -0.15) is 0 Å². The second-order valence-electron chi connectivity index (χ2n) is 7.39. The zero-order chi connectivity index (χ0) is 20.5. The molecule has 154 valence electrons. The van der Waals surface area contributed by atoms with Crippen LogP contribution in [-0.4, -0.2) is 68.7 Å². The van der Waals surface area contributed by atoms with E-state index in [4.69, 9.17) is 25.8 Å². The molecular weight excluding hydrogens is 384 g/mol. The molecule has 0 radical (unpaired) electrons. The zero-order valence-electron chi connectivity index (χ0n) is 16.8. The lowest BCUT2D eigenvalue weighted by Crippen LogP contribution is -2.56. The van der Waals surface area contributed by atoms with Crippen molar-refractivity contribution < 1.29 is 23.8 Å². The average molecular weight is 411 g/mol. The molecule has 1 amide bonds. The first-order chi connectivity index (χ1) is 13.4. The number of rotatable bonds is 5. The summed E-state index contributed by atoms with van der Waals surface area (Å²) in [6.07, 6.45) is 1.67. The normalized spacial score (nSPS) is 21.8. The number of hydrogen-bond donors (Lipinski definition) is 0. The Bertz CT molecular complexity index is 761. The fourth-order valence-corrected chi connectivity index (χ4v) is 4.80. The van der Waals surface area contributed by atoms with E-state index in [1.54, 1.807) is 26.2 Å². The molecule has 0 aromatic heterocycles. The molecule has 2 saturated heterocycles. The molecule has 2 aliphatic heterocycles. The van der Waals surface area contributed by atoms with Gasteiger partial charge >= 0.3 is 5.97 Å². The fraction of sp³-hybridized carbons (Fsp3) is 0.600. The van der Waals surface area contributed by atoms with Crippen LogP contribution in [0.2, 0.25) is 5.02 Å². The topological polar surface area (TPSA) is 68.3 Å². The smallest absolute Gasteiger partial charge is 0.311 e. The summed E-state index contributed by atoms with van der Waals surface area (Å²) < 4.78 is 15.6. The molecule has 1 aromatic rings. The van der Waals surface area contributed by atoms with Gasteiger partial charge in [0, 0.05) is 33.1 Å². The first-order valence-corrected chi connectivity index (χ1v) is 9.72. The molecule has 8 heteroatoms. The Hall–Kier alpha value is -1.99. The molecule has 0 saturated carbocycles. The van der Waals surface area contributed by atoms with Crippen LogP contribution < -0.4 is 9.47 Å². The highest BCUT2D eigenvalue weighted by Crippen LogP contribution is 2.44. The third-order valence-electron chi connectivity index (χ3n) is 6.24. The van der Waals surface area contributed by atoms with Crippen LogP contribution in [0.4, 0.5) is 0 Å². The van der Waals surface area contributed by atoms with Gasteiger partial charge in [0.05, 0.1) is 37.8 Å². The fourth-order valence-electron chi connectivity index (χ4n) is 4.50. The maximum atomic E-state index is 12.3. The summed E-state index contributed by atoms with van der Waals surface area (Å²) in [5, 5.41) is 0.544. The molecule has 1 spiro atoms. The maximum Gasteiger partial charge on any atom is 0.311 e. The lowest BCUT2D eigenvalue weighted by molar-refractivity contribution is -0.149. The number of carbonyl (C=O) groups is 2. The van der Waals surface area contributed by atoms with Gasteiger partial charge in [-0.05, 0) is 24.5 Å². The Labute approximate surface area is 170 Å². The van der Waals surface area contributed by atoms with Crippen molar-refractivity contribution >= 4 is 23.5 Å². The van der Waals surface area contributed by atoms with E-state index in [-0.39, 0.29) is 18.3 Å². The van der Waals surface area contributed by atoms with Crippen molar-refractivity contribution in [3.63, 3.8) is 0 Å².